The monoisotopic (exact) mass is 328 g/mol. The Kier molecular flexibility index (Phi) is 4.42. The van der Waals surface area contributed by atoms with Crippen molar-refractivity contribution in [2.45, 2.75) is 39.7 Å². The van der Waals surface area contributed by atoms with Crippen molar-refractivity contribution in [3.63, 3.8) is 0 Å². The number of ether oxygens (including phenoxy) is 2. The van der Waals surface area contributed by atoms with Gasteiger partial charge in [0.1, 0.15) is 17.9 Å². The highest BCUT2D eigenvalue weighted by atomic mass is 16.6. The predicted octanol–water partition coefficient (Wildman–Crippen LogP) is 3.69. The van der Waals surface area contributed by atoms with Gasteiger partial charge in [-0.3, -0.25) is 4.79 Å². The Morgan fingerprint density at radius 3 is 2.88 bits per heavy atom. The van der Waals surface area contributed by atoms with Gasteiger partial charge in [0.15, 0.2) is 6.10 Å². The average Bonchev–Trinajstić information content (AvgIpc) is 2.56. The van der Waals surface area contributed by atoms with E-state index in [1.165, 1.54) is 0 Å². The molecule has 0 spiro atoms. The van der Waals surface area contributed by atoms with Crippen LogP contribution < -0.4 is 10.4 Å². The zero-order valence-corrected chi connectivity index (χ0v) is 14.0. The largest absolute Gasteiger partial charge is 0.488 e. The van der Waals surface area contributed by atoms with Gasteiger partial charge in [-0.2, -0.15) is 0 Å². The van der Waals surface area contributed by atoms with Crippen molar-refractivity contribution >= 4 is 16.9 Å². The molecule has 0 aliphatic carbocycles. The van der Waals surface area contributed by atoms with Crippen LogP contribution in [0.4, 0.5) is 0 Å². The van der Waals surface area contributed by atoms with Crippen molar-refractivity contribution in [1.29, 1.82) is 0 Å². The third-order valence-corrected chi connectivity index (χ3v) is 4.01. The van der Waals surface area contributed by atoms with Crippen LogP contribution in [-0.2, 0) is 16.0 Å². The van der Waals surface area contributed by atoms with E-state index in [2.05, 4.69) is 0 Å². The van der Waals surface area contributed by atoms with Crippen molar-refractivity contribution in [1.82, 2.24) is 0 Å². The Bertz CT molecular complexity index is 871. The van der Waals surface area contributed by atoms with Gasteiger partial charge in [-0.25, -0.2) is 4.79 Å². The molecular formula is C19H20O5. The standard InChI is InChI=1S/C19H20O5/c1-4-16(20)23-15-10-22-18-13(9-8-11(2)3)19(21)24-14-7-5-6-12(15)17(14)18/h5-8,15H,4,9-10H2,1-3H3/t15-/m1/s1. The van der Waals surface area contributed by atoms with Gasteiger partial charge in [-0.15, -0.1) is 0 Å². The molecule has 1 atom stereocenters. The first kappa shape index (κ1) is 16.3. The number of benzene rings is 1. The van der Waals surface area contributed by atoms with Gasteiger partial charge >= 0.3 is 11.6 Å². The second-order valence-electron chi connectivity index (χ2n) is 6.05. The lowest BCUT2D eigenvalue weighted by molar-refractivity contribution is -0.150. The van der Waals surface area contributed by atoms with Crippen molar-refractivity contribution in [3.8, 4) is 5.75 Å². The number of hydrogen-bond donors (Lipinski definition) is 0. The zero-order valence-electron chi connectivity index (χ0n) is 14.0. The summed E-state index contributed by atoms with van der Waals surface area (Å²) in [6.45, 7) is 5.89. The fraction of sp³-hybridized carbons (Fsp3) is 0.368. The topological polar surface area (TPSA) is 65.7 Å². The van der Waals surface area contributed by atoms with Gasteiger partial charge in [0, 0.05) is 18.4 Å². The molecule has 0 unspecified atom stereocenters. The van der Waals surface area contributed by atoms with Crippen molar-refractivity contribution in [2.24, 2.45) is 0 Å². The highest BCUT2D eigenvalue weighted by molar-refractivity contribution is 5.89. The Labute approximate surface area is 139 Å². The fourth-order valence-corrected chi connectivity index (χ4v) is 2.78. The highest BCUT2D eigenvalue weighted by Crippen LogP contribution is 2.39. The summed E-state index contributed by atoms with van der Waals surface area (Å²) < 4.78 is 16.7. The Balaban J connectivity index is 2.16. The molecule has 3 rings (SSSR count). The minimum absolute atomic E-state index is 0.198. The average molecular weight is 328 g/mol. The maximum atomic E-state index is 12.3. The van der Waals surface area contributed by atoms with Gasteiger partial charge in [-0.05, 0) is 19.9 Å². The number of carbonyl (C=O) groups is 1. The lowest BCUT2D eigenvalue weighted by atomic mass is 9.98. The van der Waals surface area contributed by atoms with Gasteiger partial charge in [0.2, 0.25) is 0 Å². The first-order valence-electron chi connectivity index (χ1n) is 8.05. The van der Waals surface area contributed by atoms with E-state index in [0.29, 0.717) is 29.7 Å². The molecule has 0 fully saturated rings. The maximum absolute atomic E-state index is 12.3. The molecule has 0 radical (unpaired) electrons. The highest BCUT2D eigenvalue weighted by Gasteiger charge is 2.29. The number of esters is 1. The van der Waals surface area contributed by atoms with Crippen LogP contribution >= 0.6 is 0 Å². The normalized spacial score (nSPS) is 15.7. The summed E-state index contributed by atoms with van der Waals surface area (Å²) in [5.41, 5.74) is 2.48. The van der Waals surface area contributed by atoms with E-state index in [9.17, 15) is 9.59 Å². The SMILES string of the molecule is CCC(=O)O[C@@H]1COc2c(CC=C(C)C)c(=O)oc3cccc1c23. The van der Waals surface area contributed by atoms with E-state index >= 15 is 0 Å². The van der Waals surface area contributed by atoms with Crippen LogP contribution in [0, 0.1) is 0 Å². The van der Waals surface area contributed by atoms with E-state index in [1.54, 1.807) is 19.1 Å². The van der Waals surface area contributed by atoms with Crippen LogP contribution in [0.1, 0.15) is 44.4 Å². The summed E-state index contributed by atoms with van der Waals surface area (Å²) >= 11 is 0. The third-order valence-electron chi connectivity index (χ3n) is 4.01. The summed E-state index contributed by atoms with van der Waals surface area (Å²) in [5.74, 6) is 0.254. The molecule has 24 heavy (non-hydrogen) atoms. The lowest BCUT2D eigenvalue weighted by Gasteiger charge is -2.26. The number of hydrogen-bond acceptors (Lipinski definition) is 5. The Morgan fingerprint density at radius 2 is 2.17 bits per heavy atom. The van der Waals surface area contributed by atoms with E-state index in [0.717, 1.165) is 16.5 Å². The fourth-order valence-electron chi connectivity index (χ4n) is 2.78. The van der Waals surface area contributed by atoms with E-state index in [-0.39, 0.29) is 12.6 Å². The number of carbonyl (C=O) groups excluding carboxylic acids is 1. The molecule has 2 heterocycles. The maximum Gasteiger partial charge on any atom is 0.343 e. The summed E-state index contributed by atoms with van der Waals surface area (Å²) in [5, 5.41) is 0.717. The second kappa shape index (κ2) is 6.51. The number of allylic oxidation sites excluding steroid dienone is 2. The van der Waals surface area contributed by atoms with Gasteiger partial charge in [-0.1, -0.05) is 30.7 Å². The zero-order chi connectivity index (χ0) is 17.3. The molecule has 1 aromatic heterocycles. The molecule has 1 aromatic carbocycles. The van der Waals surface area contributed by atoms with Crippen LogP contribution in [0.3, 0.4) is 0 Å². The van der Waals surface area contributed by atoms with Crippen molar-refractivity contribution in [3.05, 3.63) is 51.4 Å². The minimum atomic E-state index is -0.488. The minimum Gasteiger partial charge on any atom is -0.488 e. The molecule has 126 valence electrons. The summed E-state index contributed by atoms with van der Waals surface area (Å²) in [7, 11) is 0. The van der Waals surface area contributed by atoms with Gasteiger partial charge in [0.05, 0.1) is 10.9 Å². The first-order chi connectivity index (χ1) is 11.5. The van der Waals surface area contributed by atoms with Crippen LogP contribution in [-0.4, -0.2) is 12.6 Å². The van der Waals surface area contributed by atoms with E-state index in [1.807, 2.05) is 26.0 Å². The quantitative estimate of drug-likeness (QED) is 0.486. The first-order valence-corrected chi connectivity index (χ1v) is 8.05. The third kappa shape index (κ3) is 2.94. The smallest absolute Gasteiger partial charge is 0.343 e. The molecule has 0 N–H and O–H groups in total. The van der Waals surface area contributed by atoms with Crippen LogP contribution in [0.5, 0.6) is 5.75 Å². The molecule has 0 amide bonds. The molecule has 0 bridgehead atoms. The molecule has 5 heteroatoms. The second-order valence-corrected chi connectivity index (χ2v) is 6.05. The van der Waals surface area contributed by atoms with E-state index < -0.39 is 11.7 Å². The summed E-state index contributed by atoms with van der Waals surface area (Å²) in [6, 6.07) is 5.40. The molecule has 1 aliphatic rings. The molecule has 2 aromatic rings. The predicted molar refractivity (Wildman–Crippen MR) is 90.2 cm³/mol. The Morgan fingerprint density at radius 1 is 1.38 bits per heavy atom. The lowest BCUT2D eigenvalue weighted by Crippen LogP contribution is -2.23. The molecular weight excluding hydrogens is 308 g/mol. The number of rotatable bonds is 4. The van der Waals surface area contributed by atoms with E-state index in [4.69, 9.17) is 13.9 Å². The summed E-state index contributed by atoms with van der Waals surface area (Å²) in [4.78, 5) is 24.0. The van der Waals surface area contributed by atoms with Crippen molar-refractivity contribution in [2.75, 3.05) is 6.61 Å². The molecule has 0 saturated carbocycles. The molecule has 1 aliphatic heterocycles. The molecule has 0 saturated heterocycles. The van der Waals surface area contributed by atoms with Crippen LogP contribution in [0.2, 0.25) is 0 Å². The van der Waals surface area contributed by atoms with Crippen LogP contribution in [0.15, 0.2) is 39.1 Å². The summed E-state index contributed by atoms with van der Waals surface area (Å²) in [6.07, 6.45) is 2.22. The molecule has 5 nitrogen and oxygen atoms in total. The van der Waals surface area contributed by atoms with Gasteiger partial charge < -0.3 is 13.9 Å². The van der Waals surface area contributed by atoms with Gasteiger partial charge in [0.25, 0.3) is 0 Å². The Hall–Kier alpha value is -2.56. The van der Waals surface area contributed by atoms with Crippen molar-refractivity contribution < 1.29 is 18.7 Å². The van der Waals surface area contributed by atoms with Crippen LogP contribution in [0.25, 0.3) is 11.0 Å².